The molecule has 72 valence electrons. The summed E-state index contributed by atoms with van der Waals surface area (Å²) in [6, 6.07) is 3.33. The van der Waals surface area contributed by atoms with Crippen molar-refractivity contribution >= 4 is 35.6 Å². The van der Waals surface area contributed by atoms with Crippen LogP contribution < -0.4 is 4.74 Å². The smallest absolute Gasteiger partial charge is 0.149 e. The molecule has 0 aliphatic carbocycles. The zero-order chi connectivity index (χ0) is 10.1. The van der Waals surface area contributed by atoms with Crippen molar-refractivity contribution in [1.29, 1.82) is 0 Å². The number of benzene rings is 1. The van der Waals surface area contributed by atoms with Crippen LogP contribution in [0, 0.1) is 0 Å². The summed E-state index contributed by atoms with van der Waals surface area (Å²) >= 11 is 11.7. The molecule has 0 fully saturated rings. The fraction of sp³-hybridized carbons (Fsp3) is 0.100. The van der Waals surface area contributed by atoms with Crippen LogP contribution in [0.3, 0.4) is 0 Å². The van der Waals surface area contributed by atoms with Crippen LogP contribution in [0.5, 0.6) is 5.75 Å². The summed E-state index contributed by atoms with van der Waals surface area (Å²) in [5, 5.41) is 0.995. The second kappa shape index (κ2) is 3.64. The molecule has 1 aromatic carbocycles. The normalized spacial score (nSPS) is 14.0. The summed E-state index contributed by atoms with van der Waals surface area (Å²) in [6.07, 6.45) is 2.49. The molecule has 4 heteroatoms. The van der Waals surface area contributed by atoms with Gasteiger partial charge in [-0.05, 0) is 18.2 Å². The Morgan fingerprint density at radius 2 is 2.14 bits per heavy atom. The highest BCUT2D eigenvalue weighted by atomic mass is 35.5. The third-order valence-corrected chi connectivity index (χ3v) is 2.41. The molecule has 0 amide bonds. The zero-order valence-electron chi connectivity index (χ0n) is 7.09. The van der Waals surface area contributed by atoms with Gasteiger partial charge in [0.15, 0.2) is 0 Å². The Kier molecular flexibility index (Phi) is 2.48. The van der Waals surface area contributed by atoms with Crippen molar-refractivity contribution in [3.63, 3.8) is 0 Å². The van der Waals surface area contributed by atoms with Crippen LogP contribution in [-0.2, 0) is 4.79 Å². The predicted octanol–water partition coefficient (Wildman–Crippen LogP) is 2.97. The van der Waals surface area contributed by atoms with E-state index in [0.717, 1.165) is 11.8 Å². The van der Waals surface area contributed by atoms with Crippen LogP contribution in [0.25, 0.3) is 6.08 Å². The van der Waals surface area contributed by atoms with Crippen LogP contribution in [-0.4, -0.2) is 12.9 Å². The minimum absolute atomic E-state index is 0.262. The van der Waals surface area contributed by atoms with Gasteiger partial charge in [0, 0.05) is 16.2 Å². The van der Waals surface area contributed by atoms with E-state index in [1.54, 1.807) is 18.2 Å². The standard InChI is InChI=1S/C10H6Cl2O2/c11-8-2-7-1-6(4-13)5-14-10(7)9(12)3-8/h1-4H,5H2. The summed E-state index contributed by atoms with van der Waals surface area (Å²) in [5.41, 5.74) is 1.33. The van der Waals surface area contributed by atoms with Crippen molar-refractivity contribution in [3.8, 4) is 5.75 Å². The number of carbonyl (C=O) groups excluding carboxylic acids is 1. The Bertz CT molecular complexity index is 424. The summed E-state index contributed by atoms with van der Waals surface area (Å²) < 4.78 is 5.32. The van der Waals surface area contributed by atoms with Crippen LogP contribution in [0.15, 0.2) is 17.7 Å². The molecular weight excluding hydrogens is 223 g/mol. The average Bonchev–Trinajstić information content (AvgIpc) is 2.16. The molecule has 2 rings (SSSR count). The molecule has 0 bridgehead atoms. The number of fused-ring (bicyclic) bond motifs is 1. The largest absolute Gasteiger partial charge is 0.487 e. The fourth-order valence-corrected chi connectivity index (χ4v) is 1.87. The Morgan fingerprint density at radius 3 is 2.86 bits per heavy atom. The van der Waals surface area contributed by atoms with Crippen LogP contribution >= 0.6 is 23.2 Å². The number of rotatable bonds is 1. The van der Waals surface area contributed by atoms with Crippen LogP contribution in [0.4, 0.5) is 0 Å². The Balaban J connectivity index is 2.57. The number of ether oxygens (including phenoxy) is 1. The molecule has 0 saturated heterocycles. The minimum Gasteiger partial charge on any atom is -0.487 e. The maximum atomic E-state index is 10.5. The lowest BCUT2D eigenvalue weighted by molar-refractivity contribution is -0.105. The van der Waals surface area contributed by atoms with Gasteiger partial charge in [0.1, 0.15) is 18.6 Å². The SMILES string of the molecule is O=CC1=Cc2cc(Cl)cc(Cl)c2OC1. The van der Waals surface area contributed by atoms with Crippen molar-refractivity contribution in [3.05, 3.63) is 33.3 Å². The van der Waals surface area contributed by atoms with Crippen molar-refractivity contribution in [1.82, 2.24) is 0 Å². The first-order valence-corrected chi connectivity index (χ1v) is 4.74. The van der Waals surface area contributed by atoms with E-state index in [9.17, 15) is 4.79 Å². The summed E-state index contributed by atoms with van der Waals surface area (Å²) in [4.78, 5) is 10.5. The summed E-state index contributed by atoms with van der Waals surface area (Å²) in [6.45, 7) is 0.262. The van der Waals surface area contributed by atoms with Gasteiger partial charge in [-0.1, -0.05) is 23.2 Å². The van der Waals surface area contributed by atoms with Gasteiger partial charge < -0.3 is 4.74 Å². The van der Waals surface area contributed by atoms with E-state index in [0.29, 0.717) is 21.4 Å². The van der Waals surface area contributed by atoms with Crippen molar-refractivity contribution in [2.75, 3.05) is 6.61 Å². The summed E-state index contributed by atoms with van der Waals surface area (Å²) in [5.74, 6) is 0.585. The molecule has 0 aromatic heterocycles. The third kappa shape index (κ3) is 1.63. The number of hydrogen-bond donors (Lipinski definition) is 0. The molecule has 1 heterocycles. The van der Waals surface area contributed by atoms with Gasteiger partial charge in [-0.2, -0.15) is 0 Å². The van der Waals surface area contributed by atoms with Crippen molar-refractivity contribution in [2.24, 2.45) is 0 Å². The lowest BCUT2D eigenvalue weighted by Gasteiger charge is -2.16. The van der Waals surface area contributed by atoms with Gasteiger partial charge in [-0.3, -0.25) is 4.79 Å². The molecule has 0 N–H and O–H groups in total. The van der Waals surface area contributed by atoms with Crippen LogP contribution in [0.2, 0.25) is 10.0 Å². The van der Waals surface area contributed by atoms with Gasteiger partial charge in [-0.25, -0.2) is 0 Å². The highest BCUT2D eigenvalue weighted by Gasteiger charge is 2.14. The first-order chi connectivity index (χ1) is 6.70. The van der Waals surface area contributed by atoms with Gasteiger partial charge in [0.05, 0.1) is 5.02 Å². The molecule has 1 aromatic rings. The van der Waals surface area contributed by atoms with E-state index >= 15 is 0 Å². The zero-order valence-corrected chi connectivity index (χ0v) is 8.60. The lowest BCUT2D eigenvalue weighted by atomic mass is 10.1. The highest BCUT2D eigenvalue weighted by molar-refractivity contribution is 6.36. The van der Waals surface area contributed by atoms with E-state index < -0.39 is 0 Å². The van der Waals surface area contributed by atoms with Crippen LogP contribution in [0.1, 0.15) is 5.56 Å². The molecule has 1 aliphatic heterocycles. The number of halogens is 2. The Hall–Kier alpha value is -0.990. The first kappa shape index (κ1) is 9.56. The van der Waals surface area contributed by atoms with Gasteiger partial charge >= 0.3 is 0 Å². The van der Waals surface area contributed by atoms with E-state index in [4.69, 9.17) is 27.9 Å². The van der Waals surface area contributed by atoms with E-state index in [2.05, 4.69) is 0 Å². The highest BCUT2D eigenvalue weighted by Crippen LogP contribution is 2.35. The number of aldehydes is 1. The monoisotopic (exact) mass is 228 g/mol. The van der Waals surface area contributed by atoms with Gasteiger partial charge in [0.2, 0.25) is 0 Å². The van der Waals surface area contributed by atoms with E-state index in [-0.39, 0.29) is 6.61 Å². The second-order valence-electron chi connectivity index (χ2n) is 2.93. The molecule has 1 aliphatic rings. The molecule has 0 saturated carbocycles. The Morgan fingerprint density at radius 1 is 1.36 bits per heavy atom. The maximum Gasteiger partial charge on any atom is 0.149 e. The molecule has 0 unspecified atom stereocenters. The maximum absolute atomic E-state index is 10.5. The van der Waals surface area contributed by atoms with Crippen molar-refractivity contribution in [2.45, 2.75) is 0 Å². The van der Waals surface area contributed by atoms with Gasteiger partial charge in [0.25, 0.3) is 0 Å². The predicted molar refractivity (Wildman–Crippen MR) is 56.0 cm³/mol. The summed E-state index contributed by atoms with van der Waals surface area (Å²) in [7, 11) is 0. The third-order valence-electron chi connectivity index (χ3n) is 1.91. The van der Waals surface area contributed by atoms with Crippen molar-refractivity contribution < 1.29 is 9.53 Å². The molecule has 0 atom stereocenters. The molecule has 14 heavy (non-hydrogen) atoms. The fourth-order valence-electron chi connectivity index (χ4n) is 1.30. The average molecular weight is 229 g/mol. The Labute approximate surface area is 91.1 Å². The molecule has 0 spiro atoms. The minimum atomic E-state index is 0.262. The number of hydrogen-bond acceptors (Lipinski definition) is 2. The number of carbonyl (C=O) groups is 1. The molecule has 0 radical (unpaired) electrons. The van der Waals surface area contributed by atoms with E-state index in [1.165, 1.54) is 0 Å². The quantitative estimate of drug-likeness (QED) is 0.692. The van der Waals surface area contributed by atoms with E-state index in [1.807, 2.05) is 0 Å². The molecular formula is C10H6Cl2O2. The molecule has 2 nitrogen and oxygen atoms in total. The second-order valence-corrected chi connectivity index (χ2v) is 3.78. The van der Waals surface area contributed by atoms with Gasteiger partial charge in [-0.15, -0.1) is 0 Å². The first-order valence-electron chi connectivity index (χ1n) is 3.98. The topological polar surface area (TPSA) is 26.3 Å². The lowest BCUT2D eigenvalue weighted by Crippen LogP contribution is -2.08.